The molecule has 1 amide bonds. The first kappa shape index (κ1) is 22.1. The van der Waals surface area contributed by atoms with E-state index in [-0.39, 0.29) is 18.0 Å². The lowest BCUT2D eigenvalue weighted by molar-refractivity contribution is -0.156. The number of halogens is 1. The number of carbonyl (C=O) groups excluding carboxylic acids is 2. The average molecular weight is 428 g/mol. The summed E-state index contributed by atoms with van der Waals surface area (Å²) < 4.78 is 26.0. The first-order valence-corrected chi connectivity index (χ1v) is 10.7. The third kappa shape index (κ3) is 6.15. The molecule has 0 radical (unpaired) electrons. The molecule has 0 aliphatic carbocycles. The van der Waals surface area contributed by atoms with Gasteiger partial charge in [-0.25, -0.2) is 22.9 Å². The van der Waals surface area contributed by atoms with E-state index < -0.39 is 27.4 Å². The highest BCUT2D eigenvalue weighted by Crippen LogP contribution is 2.30. The van der Waals surface area contributed by atoms with Gasteiger partial charge in [-0.1, -0.05) is 29.8 Å². The van der Waals surface area contributed by atoms with E-state index in [0.717, 1.165) is 11.6 Å². The van der Waals surface area contributed by atoms with Crippen LogP contribution >= 0.6 is 11.6 Å². The van der Waals surface area contributed by atoms with Crippen molar-refractivity contribution in [3.05, 3.63) is 40.5 Å². The summed E-state index contributed by atoms with van der Waals surface area (Å²) in [5, 5.41) is 0.862. The Balaban J connectivity index is 2.50. The lowest BCUT2D eigenvalue weighted by Crippen LogP contribution is -2.44. The van der Waals surface area contributed by atoms with Crippen molar-refractivity contribution in [1.82, 2.24) is 15.2 Å². The van der Waals surface area contributed by atoms with Crippen LogP contribution in [0.3, 0.4) is 0 Å². The van der Waals surface area contributed by atoms with Crippen LogP contribution < -0.4 is 10.2 Å². The van der Waals surface area contributed by atoms with E-state index in [2.05, 4.69) is 9.71 Å². The molecular formula is C18H22ClN3O5S. The number of nitrogens with one attached hydrogen (secondary N) is 2. The van der Waals surface area contributed by atoms with Crippen LogP contribution in [-0.2, 0) is 37.3 Å². The molecule has 2 aromatic rings. The summed E-state index contributed by atoms with van der Waals surface area (Å²) in [6, 6.07) is 7.23. The van der Waals surface area contributed by atoms with Crippen molar-refractivity contribution in [3.8, 4) is 0 Å². The number of hydrogen-bond acceptors (Lipinski definition) is 6. The summed E-state index contributed by atoms with van der Waals surface area (Å²) in [5.41, 5.74) is 2.84. The fourth-order valence-corrected chi connectivity index (χ4v) is 4.31. The average Bonchev–Trinajstić information content (AvgIpc) is 2.53. The molecule has 0 atom stereocenters. The molecule has 0 unspecified atom stereocenters. The molecule has 1 heterocycles. The quantitative estimate of drug-likeness (QED) is 0.537. The molecule has 0 spiro atoms. The maximum Gasteiger partial charge on any atom is 0.336 e. The Labute approximate surface area is 168 Å². The maximum atomic E-state index is 12.1. The predicted molar refractivity (Wildman–Crippen MR) is 106 cm³/mol. The van der Waals surface area contributed by atoms with Crippen LogP contribution in [0.1, 0.15) is 31.9 Å². The van der Waals surface area contributed by atoms with Gasteiger partial charge in [-0.05, 0) is 31.9 Å². The number of nitrogens with zero attached hydrogens (tertiary/aromatic N) is 1. The van der Waals surface area contributed by atoms with Crippen LogP contribution in [0.25, 0.3) is 10.9 Å². The molecule has 2 N–H and O–H groups in total. The van der Waals surface area contributed by atoms with Gasteiger partial charge in [-0.3, -0.25) is 4.79 Å². The molecule has 1 aromatic heterocycles. The Morgan fingerprint density at radius 3 is 2.46 bits per heavy atom. The number of carbonyl (C=O) groups is 2. The normalized spacial score (nSPS) is 12.0. The number of rotatable bonds is 6. The highest BCUT2D eigenvalue weighted by Gasteiger charge is 2.27. The van der Waals surface area contributed by atoms with E-state index in [1.165, 1.54) is 6.92 Å². The van der Waals surface area contributed by atoms with E-state index in [1.807, 2.05) is 17.6 Å². The van der Waals surface area contributed by atoms with Gasteiger partial charge in [0.15, 0.2) is 0 Å². The van der Waals surface area contributed by atoms with E-state index in [1.54, 1.807) is 26.0 Å². The standard InChI is InChI=1S/C18H22ClN3O5S/c1-11(23)21-27-16(24)9-13-14(10-18(2,3)22-28(4,25)26)12-7-5-6-8-15(12)20-17(13)19/h5-8,22H,9-10H2,1-4H3,(H,21,23). The lowest BCUT2D eigenvalue weighted by atomic mass is 9.90. The summed E-state index contributed by atoms with van der Waals surface area (Å²) in [6.45, 7) is 4.68. The van der Waals surface area contributed by atoms with Crippen LogP contribution in [0.15, 0.2) is 24.3 Å². The minimum absolute atomic E-state index is 0.114. The number of fused-ring (bicyclic) bond motifs is 1. The molecule has 0 saturated heterocycles. The minimum Gasteiger partial charge on any atom is -0.340 e. The van der Waals surface area contributed by atoms with E-state index >= 15 is 0 Å². The van der Waals surface area contributed by atoms with Crippen LogP contribution in [0.5, 0.6) is 0 Å². The van der Waals surface area contributed by atoms with Gasteiger partial charge >= 0.3 is 5.97 Å². The number of hydroxylamine groups is 1. The van der Waals surface area contributed by atoms with Gasteiger partial charge in [0, 0.05) is 23.4 Å². The van der Waals surface area contributed by atoms with Crippen LogP contribution in [-0.4, -0.2) is 37.1 Å². The first-order valence-electron chi connectivity index (χ1n) is 8.39. The third-order valence-electron chi connectivity index (χ3n) is 3.77. The molecule has 0 saturated carbocycles. The third-order valence-corrected chi connectivity index (χ3v) is 5.01. The molecule has 152 valence electrons. The van der Waals surface area contributed by atoms with E-state index in [4.69, 9.17) is 16.4 Å². The minimum atomic E-state index is -3.46. The number of aromatic nitrogens is 1. The van der Waals surface area contributed by atoms with Gasteiger partial charge in [0.1, 0.15) is 5.15 Å². The van der Waals surface area contributed by atoms with E-state index in [0.29, 0.717) is 16.6 Å². The van der Waals surface area contributed by atoms with Crippen LogP contribution in [0.4, 0.5) is 0 Å². The van der Waals surface area contributed by atoms with Crippen molar-refractivity contribution in [2.24, 2.45) is 0 Å². The van der Waals surface area contributed by atoms with Crippen molar-refractivity contribution in [2.45, 2.75) is 39.2 Å². The van der Waals surface area contributed by atoms with E-state index in [9.17, 15) is 18.0 Å². The fourth-order valence-electron chi connectivity index (χ4n) is 2.96. The predicted octanol–water partition coefficient (Wildman–Crippen LogP) is 1.90. The van der Waals surface area contributed by atoms with Gasteiger partial charge in [0.25, 0.3) is 0 Å². The molecule has 1 aromatic carbocycles. The van der Waals surface area contributed by atoms with Gasteiger partial charge in [-0.15, -0.1) is 0 Å². The van der Waals surface area contributed by atoms with Gasteiger partial charge in [0.2, 0.25) is 15.9 Å². The Morgan fingerprint density at radius 2 is 1.86 bits per heavy atom. The van der Waals surface area contributed by atoms with Crippen molar-refractivity contribution >= 4 is 44.4 Å². The number of amides is 1. The SMILES string of the molecule is CC(=O)NOC(=O)Cc1c(Cl)nc2ccccc2c1CC(C)(C)NS(C)(=O)=O. The molecule has 10 heteroatoms. The summed E-state index contributed by atoms with van der Waals surface area (Å²) in [7, 11) is -3.46. The summed E-state index contributed by atoms with van der Waals surface area (Å²) in [4.78, 5) is 32.1. The zero-order valence-electron chi connectivity index (χ0n) is 16.0. The first-order chi connectivity index (χ1) is 12.9. The molecule has 0 aliphatic heterocycles. The topological polar surface area (TPSA) is 114 Å². The smallest absolute Gasteiger partial charge is 0.336 e. The van der Waals surface area contributed by atoms with Crippen molar-refractivity contribution in [3.63, 3.8) is 0 Å². The number of hydrogen-bond donors (Lipinski definition) is 2. The van der Waals surface area contributed by atoms with Crippen LogP contribution in [0.2, 0.25) is 5.15 Å². The monoisotopic (exact) mass is 427 g/mol. The number of benzene rings is 1. The maximum absolute atomic E-state index is 12.1. The highest BCUT2D eigenvalue weighted by molar-refractivity contribution is 7.88. The van der Waals surface area contributed by atoms with Crippen molar-refractivity contribution in [1.29, 1.82) is 0 Å². The second-order valence-corrected chi connectivity index (χ2v) is 9.23. The largest absolute Gasteiger partial charge is 0.340 e. The van der Waals surface area contributed by atoms with Crippen molar-refractivity contribution in [2.75, 3.05) is 6.26 Å². The fraction of sp³-hybridized carbons (Fsp3) is 0.389. The second kappa shape index (κ2) is 8.42. The molecule has 0 aliphatic rings. The Hall–Kier alpha value is -2.23. The Bertz CT molecular complexity index is 1020. The van der Waals surface area contributed by atoms with Gasteiger partial charge in [-0.2, -0.15) is 5.48 Å². The zero-order chi connectivity index (χ0) is 21.1. The number of sulfonamides is 1. The molecular weight excluding hydrogens is 406 g/mol. The Morgan fingerprint density at radius 1 is 1.21 bits per heavy atom. The molecule has 0 bridgehead atoms. The summed E-state index contributed by atoms with van der Waals surface area (Å²) in [5.74, 6) is -1.24. The Kier molecular flexibility index (Phi) is 6.63. The number of para-hydroxylation sites is 1. The summed E-state index contributed by atoms with van der Waals surface area (Å²) in [6.07, 6.45) is 1.10. The number of pyridine rings is 1. The summed E-state index contributed by atoms with van der Waals surface area (Å²) >= 11 is 6.33. The molecule has 0 fully saturated rings. The lowest BCUT2D eigenvalue weighted by Gasteiger charge is -2.27. The zero-order valence-corrected chi connectivity index (χ0v) is 17.6. The molecule has 28 heavy (non-hydrogen) atoms. The highest BCUT2D eigenvalue weighted by atomic mass is 35.5. The second-order valence-electron chi connectivity index (χ2n) is 7.12. The van der Waals surface area contributed by atoms with Gasteiger partial charge in [0.05, 0.1) is 18.2 Å². The molecule has 2 rings (SSSR count). The van der Waals surface area contributed by atoms with Gasteiger partial charge < -0.3 is 4.84 Å². The van der Waals surface area contributed by atoms with Crippen LogP contribution in [0, 0.1) is 0 Å². The molecule has 8 nitrogen and oxygen atoms in total. The van der Waals surface area contributed by atoms with Crippen molar-refractivity contribution < 1.29 is 22.8 Å².